The molecule has 5 heteroatoms. The van der Waals surface area contributed by atoms with E-state index in [4.69, 9.17) is 15.6 Å². The first-order valence-electron chi connectivity index (χ1n) is 5.90. The van der Waals surface area contributed by atoms with Gasteiger partial charge in [-0.3, -0.25) is 0 Å². The Kier molecular flexibility index (Phi) is 4.97. The van der Waals surface area contributed by atoms with Crippen LogP contribution in [-0.2, 0) is 4.74 Å². The van der Waals surface area contributed by atoms with E-state index in [-0.39, 0.29) is 11.6 Å². The molecule has 1 aromatic carbocycles. The minimum Gasteiger partial charge on any atom is -0.478 e. The van der Waals surface area contributed by atoms with E-state index in [1.807, 2.05) is 24.8 Å². The van der Waals surface area contributed by atoms with Crippen LogP contribution in [0.1, 0.15) is 24.2 Å². The molecule has 0 fully saturated rings. The molecule has 0 radical (unpaired) electrons. The number of aromatic carboxylic acids is 1. The largest absolute Gasteiger partial charge is 0.478 e. The van der Waals surface area contributed by atoms with Crippen LogP contribution in [-0.4, -0.2) is 37.4 Å². The summed E-state index contributed by atoms with van der Waals surface area (Å²) in [5, 5.41) is 9.06. The Hall–Kier alpha value is -1.75. The van der Waals surface area contributed by atoms with Crippen molar-refractivity contribution >= 4 is 17.3 Å². The van der Waals surface area contributed by atoms with E-state index >= 15 is 0 Å². The molecule has 0 aliphatic rings. The number of carbonyl (C=O) groups is 1. The molecular weight excluding hydrogens is 232 g/mol. The Labute approximate surface area is 107 Å². The molecule has 0 heterocycles. The molecule has 0 aliphatic carbocycles. The zero-order valence-corrected chi connectivity index (χ0v) is 11.0. The Morgan fingerprint density at radius 1 is 1.56 bits per heavy atom. The van der Waals surface area contributed by atoms with Crippen molar-refractivity contribution in [2.45, 2.75) is 19.9 Å². The van der Waals surface area contributed by atoms with E-state index in [9.17, 15) is 4.79 Å². The zero-order chi connectivity index (χ0) is 13.7. The molecule has 0 spiro atoms. The van der Waals surface area contributed by atoms with Gasteiger partial charge in [-0.15, -0.1) is 0 Å². The van der Waals surface area contributed by atoms with Gasteiger partial charge in [-0.25, -0.2) is 4.79 Å². The maximum atomic E-state index is 11.1. The normalized spacial score (nSPS) is 12.2. The maximum absolute atomic E-state index is 11.1. The van der Waals surface area contributed by atoms with Gasteiger partial charge in [-0.2, -0.15) is 0 Å². The number of nitrogen functional groups attached to an aromatic ring is 1. The van der Waals surface area contributed by atoms with E-state index in [0.717, 1.165) is 12.2 Å². The van der Waals surface area contributed by atoms with Crippen molar-refractivity contribution in [2.24, 2.45) is 0 Å². The van der Waals surface area contributed by atoms with E-state index in [2.05, 4.69) is 0 Å². The van der Waals surface area contributed by atoms with Gasteiger partial charge < -0.3 is 20.5 Å². The summed E-state index contributed by atoms with van der Waals surface area (Å²) in [6.07, 6.45) is 0. The monoisotopic (exact) mass is 252 g/mol. The predicted molar refractivity (Wildman–Crippen MR) is 72.2 cm³/mol. The topological polar surface area (TPSA) is 75.8 Å². The van der Waals surface area contributed by atoms with Gasteiger partial charge >= 0.3 is 5.97 Å². The van der Waals surface area contributed by atoms with Crippen LogP contribution in [0.2, 0.25) is 0 Å². The van der Waals surface area contributed by atoms with Crippen LogP contribution in [0.25, 0.3) is 0 Å². The first-order chi connectivity index (χ1) is 8.52. The fourth-order valence-electron chi connectivity index (χ4n) is 2.04. The van der Waals surface area contributed by atoms with Gasteiger partial charge in [0, 0.05) is 19.7 Å². The summed E-state index contributed by atoms with van der Waals surface area (Å²) in [6, 6.07) is 5.18. The lowest BCUT2D eigenvalue weighted by Gasteiger charge is -2.31. The number of methoxy groups -OCH3 is 1. The molecule has 18 heavy (non-hydrogen) atoms. The van der Waals surface area contributed by atoms with Crippen molar-refractivity contribution in [3.05, 3.63) is 23.8 Å². The summed E-state index contributed by atoms with van der Waals surface area (Å²) in [4.78, 5) is 13.1. The number of para-hydroxylation sites is 1. The highest BCUT2D eigenvalue weighted by molar-refractivity contribution is 5.97. The molecule has 3 N–H and O–H groups in total. The predicted octanol–water partition coefficient (Wildman–Crippen LogP) is 1.83. The van der Waals surface area contributed by atoms with E-state index in [1.165, 1.54) is 6.07 Å². The first kappa shape index (κ1) is 14.3. The summed E-state index contributed by atoms with van der Waals surface area (Å²) < 4.78 is 5.13. The first-order valence-corrected chi connectivity index (χ1v) is 5.90. The Balaban J connectivity index is 3.14. The third-order valence-electron chi connectivity index (χ3n) is 2.90. The molecule has 0 aromatic heterocycles. The minimum atomic E-state index is -1.01. The fraction of sp³-hybridized carbons (Fsp3) is 0.462. The molecular formula is C13H20N2O3. The van der Waals surface area contributed by atoms with Gasteiger partial charge in [0.1, 0.15) is 0 Å². The Bertz CT molecular complexity index is 421. The number of hydrogen-bond donors (Lipinski definition) is 2. The summed E-state index contributed by atoms with van der Waals surface area (Å²) >= 11 is 0. The molecule has 1 aromatic rings. The van der Waals surface area contributed by atoms with Gasteiger partial charge in [0.05, 0.1) is 23.5 Å². The van der Waals surface area contributed by atoms with Crippen molar-refractivity contribution in [2.75, 3.05) is 30.9 Å². The third-order valence-corrected chi connectivity index (χ3v) is 2.90. The van der Waals surface area contributed by atoms with Crippen LogP contribution in [0.15, 0.2) is 18.2 Å². The van der Waals surface area contributed by atoms with Gasteiger partial charge in [0.15, 0.2) is 0 Å². The highest BCUT2D eigenvalue weighted by Gasteiger charge is 2.18. The lowest BCUT2D eigenvalue weighted by molar-refractivity contribution is 0.0698. The summed E-state index contributed by atoms with van der Waals surface area (Å²) in [7, 11) is 1.64. The fourth-order valence-corrected chi connectivity index (χ4v) is 2.04. The average Bonchev–Trinajstić information content (AvgIpc) is 2.32. The standard InChI is InChI=1S/C13H20N2O3/c1-4-15(9(2)8-18-3)11-7-5-6-10(12(11)14)13(16)17/h5-7,9H,4,8,14H2,1-3H3,(H,16,17). The molecule has 1 rings (SSSR count). The van der Waals surface area contributed by atoms with Crippen LogP contribution in [0.5, 0.6) is 0 Å². The molecule has 5 nitrogen and oxygen atoms in total. The minimum absolute atomic E-state index is 0.131. The summed E-state index contributed by atoms with van der Waals surface area (Å²) in [5.41, 5.74) is 7.10. The van der Waals surface area contributed by atoms with Crippen LogP contribution in [0.3, 0.4) is 0 Å². The Morgan fingerprint density at radius 2 is 2.22 bits per heavy atom. The summed E-state index contributed by atoms with van der Waals surface area (Å²) in [5.74, 6) is -1.01. The zero-order valence-electron chi connectivity index (χ0n) is 11.0. The molecule has 0 amide bonds. The van der Waals surface area contributed by atoms with Gasteiger partial charge in [-0.05, 0) is 26.0 Å². The highest BCUT2D eigenvalue weighted by atomic mass is 16.5. The van der Waals surface area contributed by atoms with Crippen LogP contribution >= 0.6 is 0 Å². The lowest BCUT2D eigenvalue weighted by Crippen LogP contribution is -2.36. The second-order valence-corrected chi connectivity index (χ2v) is 4.13. The number of nitrogens with two attached hydrogens (primary N) is 1. The smallest absolute Gasteiger partial charge is 0.337 e. The van der Waals surface area contributed by atoms with Gasteiger partial charge in [-0.1, -0.05) is 6.07 Å². The number of carboxylic acid groups (broad SMARTS) is 1. The second-order valence-electron chi connectivity index (χ2n) is 4.13. The molecule has 0 saturated carbocycles. The molecule has 0 aliphatic heterocycles. The number of benzene rings is 1. The van der Waals surface area contributed by atoms with Crippen molar-refractivity contribution < 1.29 is 14.6 Å². The van der Waals surface area contributed by atoms with Crippen molar-refractivity contribution in [3.8, 4) is 0 Å². The van der Waals surface area contributed by atoms with Crippen LogP contribution in [0.4, 0.5) is 11.4 Å². The maximum Gasteiger partial charge on any atom is 0.337 e. The number of hydrogen-bond acceptors (Lipinski definition) is 4. The quantitative estimate of drug-likeness (QED) is 0.755. The highest BCUT2D eigenvalue weighted by Crippen LogP contribution is 2.28. The van der Waals surface area contributed by atoms with E-state index in [0.29, 0.717) is 12.3 Å². The average molecular weight is 252 g/mol. The number of nitrogens with zero attached hydrogens (tertiary/aromatic N) is 1. The van der Waals surface area contributed by atoms with Crippen molar-refractivity contribution in [3.63, 3.8) is 0 Å². The number of anilines is 2. The van der Waals surface area contributed by atoms with Crippen molar-refractivity contribution in [1.82, 2.24) is 0 Å². The van der Waals surface area contributed by atoms with Gasteiger partial charge in [0.25, 0.3) is 0 Å². The number of rotatable bonds is 6. The third kappa shape index (κ3) is 2.92. The van der Waals surface area contributed by atoms with Crippen molar-refractivity contribution in [1.29, 1.82) is 0 Å². The molecule has 1 atom stereocenters. The van der Waals surface area contributed by atoms with Crippen LogP contribution < -0.4 is 10.6 Å². The molecule has 0 saturated heterocycles. The molecule has 100 valence electrons. The molecule has 1 unspecified atom stereocenters. The van der Waals surface area contributed by atoms with E-state index < -0.39 is 5.97 Å². The Morgan fingerprint density at radius 3 is 2.72 bits per heavy atom. The van der Waals surface area contributed by atoms with E-state index in [1.54, 1.807) is 13.2 Å². The van der Waals surface area contributed by atoms with Gasteiger partial charge in [0.2, 0.25) is 0 Å². The second kappa shape index (κ2) is 6.26. The SMILES string of the molecule is CCN(c1cccc(C(=O)O)c1N)C(C)COC. The number of ether oxygens (including phenoxy) is 1. The summed E-state index contributed by atoms with van der Waals surface area (Å²) in [6.45, 7) is 5.31. The lowest BCUT2D eigenvalue weighted by atomic mass is 10.1. The van der Waals surface area contributed by atoms with Crippen LogP contribution in [0, 0.1) is 0 Å². The molecule has 0 bridgehead atoms. The number of likely N-dealkylation sites (N-methyl/N-ethyl adjacent to an activating group) is 1. The number of carboxylic acids is 1.